The Kier molecular flexibility index (Phi) is 6.37. The van der Waals surface area contributed by atoms with Crippen molar-refractivity contribution in [2.75, 3.05) is 26.3 Å². The molecule has 0 unspecified atom stereocenters. The number of carbonyl (C=O) groups is 1. The van der Waals surface area contributed by atoms with Crippen LogP contribution in [-0.2, 0) is 14.3 Å². The lowest BCUT2D eigenvalue weighted by Gasteiger charge is -2.17. The molecule has 0 bridgehead atoms. The molecule has 1 amide bonds. The first-order chi connectivity index (χ1) is 7.76. The lowest BCUT2D eigenvalue weighted by atomic mass is 10.5. The van der Waals surface area contributed by atoms with Gasteiger partial charge in [0, 0.05) is 25.8 Å². The lowest BCUT2D eigenvalue weighted by molar-refractivity contribution is -0.134. The van der Waals surface area contributed by atoms with Gasteiger partial charge in [-0.25, -0.2) is 0 Å². The van der Waals surface area contributed by atoms with Crippen molar-refractivity contribution in [1.82, 2.24) is 10.6 Å². The van der Waals surface area contributed by atoms with Crippen molar-refractivity contribution >= 4 is 5.91 Å². The van der Waals surface area contributed by atoms with Crippen LogP contribution in [-0.4, -0.2) is 44.5 Å². The summed E-state index contributed by atoms with van der Waals surface area (Å²) in [5.41, 5.74) is 0. The van der Waals surface area contributed by atoms with Gasteiger partial charge in [0.25, 0.3) is 0 Å². The van der Waals surface area contributed by atoms with E-state index < -0.39 is 0 Å². The summed E-state index contributed by atoms with van der Waals surface area (Å²) < 4.78 is 10.7. The van der Waals surface area contributed by atoms with Gasteiger partial charge in [0.15, 0.2) is 6.29 Å². The van der Waals surface area contributed by atoms with Crippen LogP contribution in [0.4, 0.5) is 0 Å². The zero-order chi connectivity index (χ0) is 11.8. The van der Waals surface area contributed by atoms with E-state index in [0.29, 0.717) is 32.3 Å². The SMILES string of the molecule is CCOC(CNCC(=O)NC1CC1)OCC. The van der Waals surface area contributed by atoms with Crippen molar-refractivity contribution in [3.05, 3.63) is 0 Å². The van der Waals surface area contributed by atoms with E-state index in [0.717, 1.165) is 12.8 Å². The Morgan fingerprint density at radius 3 is 2.44 bits per heavy atom. The van der Waals surface area contributed by atoms with E-state index in [1.807, 2.05) is 13.8 Å². The first kappa shape index (κ1) is 13.4. The summed E-state index contributed by atoms with van der Waals surface area (Å²) in [6.45, 7) is 5.94. The van der Waals surface area contributed by atoms with E-state index in [1.54, 1.807) is 0 Å². The molecular weight excluding hydrogens is 208 g/mol. The van der Waals surface area contributed by atoms with Crippen molar-refractivity contribution < 1.29 is 14.3 Å². The highest BCUT2D eigenvalue weighted by molar-refractivity contribution is 5.78. The molecule has 1 rings (SSSR count). The highest BCUT2D eigenvalue weighted by Gasteiger charge is 2.22. The summed E-state index contributed by atoms with van der Waals surface area (Å²) in [6.07, 6.45) is 1.97. The standard InChI is InChI=1S/C11H22N2O3/c1-3-15-11(16-4-2)8-12-7-10(14)13-9-5-6-9/h9,11-12H,3-8H2,1-2H3,(H,13,14). The molecule has 0 heterocycles. The first-order valence-electron chi connectivity index (χ1n) is 5.99. The third-order valence-corrected chi connectivity index (χ3v) is 2.24. The fourth-order valence-electron chi connectivity index (χ4n) is 1.35. The molecule has 0 aliphatic heterocycles. The minimum atomic E-state index is -0.260. The first-order valence-corrected chi connectivity index (χ1v) is 5.99. The van der Waals surface area contributed by atoms with Gasteiger partial charge in [0.1, 0.15) is 0 Å². The fraction of sp³-hybridized carbons (Fsp3) is 0.909. The molecule has 0 spiro atoms. The van der Waals surface area contributed by atoms with Crippen LogP contribution in [0.1, 0.15) is 26.7 Å². The molecule has 1 aliphatic rings. The average Bonchev–Trinajstić information content (AvgIpc) is 3.02. The van der Waals surface area contributed by atoms with Crippen LogP contribution < -0.4 is 10.6 Å². The average molecular weight is 230 g/mol. The van der Waals surface area contributed by atoms with Crippen molar-refractivity contribution in [2.45, 2.75) is 39.0 Å². The third kappa shape index (κ3) is 6.05. The maximum absolute atomic E-state index is 11.3. The summed E-state index contributed by atoms with van der Waals surface area (Å²) in [6, 6.07) is 0.420. The normalized spacial score (nSPS) is 15.4. The summed E-state index contributed by atoms with van der Waals surface area (Å²) in [4.78, 5) is 11.3. The zero-order valence-corrected chi connectivity index (χ0v) is 10.1. The summed E-state index contributed by atoms with van der Waals surface area (Å²) in [5.74, 6) is 0.0502. The highest BCUT2D eigenvalue weighted by Crippen LogP contribution is 2.18. The van der Waals surface area contributed by atoms with Gasteiger partial charge in [-0.1, -0.05) is 0 Å². The molecule has 16 heavy (non-hydrogen) atoms. The largest absolute Gasteiger partial charge is 0.352 e. The second-order valence-corrected chi connectivity index (χ2v) is 3.81. The molecule has 5 nitrogen and oxygen atoms in total. The van der Waals surface area contributed by atoms with Crippen molar-refractivity contribution in [2.24, 2.45) is 0 Å². The monoisotopic (exact) mass is 230 g/mol. The van der Waals surface area contributed by atoms with Crippen molar-refractivity contribution in [3.63, 3.8) is 0 Å². The van der Waals surface area contributed by atoms with Gasteiger partial charge < -0.3 is 20.1 Å². The molecule has 0 aromatic heterocycles. The van der Waals surface area contributed by atoms with E-state index in [9.17, 15) is 4.79 Å². The number of hydrogen-bond acceptors (Lipinski definition) is 4. The van der Waals surface area contributed by atoms with Gasteiger partial charge in [-0.2, -0.15) is 0 Å². The van der Waals surface area contributed by atoms with Crippen LogP contribution in [0.25, 0.3) is 0 Å². The number of hydrogen-bond donors (Lipinski definition) is 2. The third-order valence-electron chi connectivity index (χ3n) is 2.24. The van der Waals surface area contributed by atoms with Crippen LogP contribution in [0, 0.1) is 0 Å². The Morgan fingerprint density at radius 1 is 1.31 bits per heavy atom. The van der Waals surface area contributed by atoms with Crippen LogP contribution in [0.3, 0.4) is 0 Å². The second-order valence-electron chi connectivity index (χ2n) is 3.81. The predicted molar refractivity (Wildman–Crippen MR) is 61.1 cm³/mol. The smallest absolute Gasteiger partial charge is 0.234 e. The second kappa shape index (κ2) is 7.60. The number of carbonyl (C=O) groups excluding carboxylic acids is 1. The minimum absolute atomic E-state index is 0.0502. The quantitative estimate of drug-likeness (QED) is 0.558. The van der Waals surface area contributed by atoms with E-state index in [1.165, 1.54) is 0 Å². The lowest BCUT2D eigenvalue weighted by Crippen LogP contribution is -2.39. The number of rotatable bonds is 9. The van der Waals surface area contributed by atoms with Gasteiger partial charge >= 0.3 is 0 Å². The molecule has 0 saturated heterocycles. The molecule has 94 valence electrons. The molecule has 0 aromatic carbocycles. The summed E-state index contributed by atoms with van der Waals surface area (Å²) in [5, 5.41) is 5.93. The fourth-order valence-corrected chi connectivity index (χ4v) is 1.35. The molecular formula is C11H22N2O3. The van der Waals surface area contributed by atoms with Crippen molar-refractivity contribution in [1.29, 1.82) is 0 Å². The van der Waals surface area contributed by atoms with E-state index in [4.69, 9.17) is 9.47 Å². The topological polar surface area (TPSA) is 59.6 Å². The van der Waals surface area contributed by atoms with Crippen LogP contribution in [0.2, 0.25) is 0 Å². The molecule has 1 aliphatic carbocycles. The highest BCUT2D eigenvalue weighted by atomic mass is 16.7. The van der Waals surface area contributed by atoms with Crippen molar-refractivity contribution in [3.8, 4) is 0 Å². The Bertz CT molecular complexity index is 201. The maximum atomic E-state index is 11.3. The zero-order valence-electron chi connectivity index (χ0n) is 10.1. The van der Waals surface area contributed by atoms with Gasteiger partial charge in [-0.3, -0.25) is 4.79 Å². The molecule has 2 N–H and O–H groups in total. The molecule has 0 atom stereocenters. The minimum Gasteiger partial charge on any atom is -0.352 e. The van der Waals surface area contributed by atoms with Gasteiger partial charge in [0.2, 0.25) is 5.91 Å². The maximum Gasteiger partial charge on any atom is 0.234 e. The Labute approximate surface area is 96.9 Å². The summed E-state index contributed by atoms with van der Waals surface area (Å²) >= 11 is 0. The van der Waals surface area contributed by atoms with E-state index >= 15 is 0 Å². The van der Waals surface area contributed by atoms with E-state index in [-0.39, 0.29) is 12.2 Å². The number of nitrogens with one attached hydrogen (secondary N) is 2. The van der Waals surface area contributed by atoms with E-state index in [2.05, 4.69) is 10.6 Å². The number of ether oxygens (including phenoxy) is 2. The van der Waals surface area contributed by atoms with Gasteiger partial charge in [-0.05, 0) is 26.7 Å². The van der Waals surface area contributed by atoms with Crippen LogP contribution in [0.5, 0.6) is 0 Å². The molecule has 5 heteroatoms. The predicted octanol–water partition coefficient (Wildman–Crippen LogP) is 0.254. The molecule has 0 radical (unpaired) electrons. The van der Waals surface area contributed by atoms with Crippen LogP contribution >= 0.6 is 0 Å². The molecule has 1 fully saturated rings. The summed E-state index contributed by atoms with van der Waals surface area (Å²) in [7, 11) is 0. The molecule has 1 saturated carbocycles. The Morgan fingerprint density at radius 2 is 1.94 bits per heavy atom. The Hall–Kier alpha value is -0.650. The van der Waals surface area contributed by atoms with Gasteiger partial charge in [0.05, 0.1) is 6.54 Å². The molecule has 0 aromatic rings. The number of amides is 1. The van der Waals surface area contributed by atoms with Crippen LogP contribution in [0.15, 0.2) is 0 Å². The van der Waals surface area contributed by atoms with Gasteiger partial charge in [-0.15, -0.1) is 0 Å². The Balaban J connectivity index is 2.03.